The summed E-state index contributed by atoms with van der Waals surface area (Å²) in [5.41, 5.74) is 2.59. The summed E-state index contributed by atoms with van der Waals surface area (Å²) in [5, 5.41) is 9.48. The molecule has 0 heterocycles. The van der Waals surface area contributed by atoms with E-state index in [2.05, 4.69) is 0 Å². The van der Waals surface area contributed by atoms with Gasteiger partial charge in [0.2, 0.25) is 0 Å². The van der Waals surface area contributed by atoms with E-state index in [0.29, 0.717) is 18.4 Å². The van der Waals surface area contributed by atoms with Crippen LogP contribution in [0.1, 0.15) is 16.7 Å². The molecule has 0 saturated heterocycles. The van der Waals surface area contributed by atoms with E-state index in [1.54, 1.807) is 0 Å². The lowest BCUT2D eigenvalue weighted by Crippen LogP contribution is -2.14. The molecule has 3 heteroatoms. The van der Waals surface area contributed by atoms with E-state index < -0.39 is 11.6 Å². The van der Waals surface area contributed by atoms with Crippen LogP contribution >= 0.6 is 0 Å². The summed E-state index contributed by atoms with van der Waals surface area (Å²) in [6.07, 6.45) is 0.980. The number of aliphatic hydroxyl groups excluding tert-OH is 1. The summed E-state index contributed by atoms with van der Waals surface area (Å²) in [5.74, 6) is -0.990. The highest BCUT2D eigenvalue weighted by atomic mass is 19.1. The molecule has 1 nitrogen and oxygen atoms in total. The van der Waals surface area contributed by atoms with Crippen molar-refractivity contribution in [3.8, 4) is 0 Å². The molecule has 0 aliphatic rings. The normalized spacial score (nSPS) is 12.4. The predicted octanol–water partition coefficient (Wildman–Crippen LogP) is 3.67. The Bertz CT molecular complexity index is 581. The second-order valence-electron chi connectivity index (χ2n) is 5.12. The van der Waals surface area contributed by atoms with Gasteiger partial charge in [0.1, 0.15) is 11.6 Å². The topological polar surface area (TPSA) is 20.2 Å². The van der Waals surface area contributed by atoms with E-state index in [4.69, 9.17) is 0 Å². The Morgan fingerprint density at radius 1 is 1.00 bits per heavy atom. The zero-order valence-electron chi connectivity index (χ0n) is 11.4. The lowest BCUT2D eigenvalue weighted by atomic mass is 9.91. The summed E-state index contributed by atoms with van der Waals surface area (Å²) >= 11 is 0. The molecule has 0 aliphatic carbocycles. The van der Waals surface area contributed by atoms with Crippen LogP contribution in [0.3, 0.4) is 0 Å². The van der Waals surface area contributed by atoms with Gasteiger partial charge in [-0.2, -0.15) is 0 Å². The van der Waals surface area contributed by atoms with Crippen LogP contribution in [0, 0.1) is 24.5 Å². The second kappa shape index (κ2) is 6.62. The smallest absolute Gasteiger partial charge is 0.126 e. The Kier molecular flexibility index (Phi) is 4.85. The number of hydrogen-bond donors (Lipinski definition) is 1. The molecule has 0 aliphatic heterocycles. The molecular formula is C17H18F2O. The molecule has 1 atom stereocenters. The minimum absolute atomic E-state index is 0.0513. The molecule has 0 amide bonds. The van der Waals surface area contributed by atoms with Crippen LogP contribution in [0.25, 0.3) is 0 Å². The third kappa shape index (κ3) is 3.64. The fraction of sp³-hybridized carbons (Fsp3) is 0.294. The molecule has 106 valence electrons. The average molecular weight is 276 g/mol. The van der Waals surface area contributed by atoms with Crippen LogP contribution in [-0.4, -0.2) is 11.7 Å². The van der Waals surface area contributed by atoms with E-state index in [9.17, 15) is 13.9 Å². The lowest BCUT2D eigenvalue weighted by molar-refractivity contribution is 0.224. The molecule has 1 unspecified atom stereocenters. The van der Waals surface area contributed by atoms with Gasteiger partial charge in [-0.25, -0.2) is 8.78 Å². The quantitative estimate of drug-likeness (QED) is 0.883. The summed E-state index contributed by atoms with van der Waals surface area (Å²) in [7, 11) is 0. The largest absolute Gasteiger partial charge is 0.396 e. The number of halogens is 2. The van der Waals surface area contributed by atoms with Crippen molar-refractivity contribution >= 4 is 0 Å². The Hall–Kier alpha value is -1.74. The highest BCUT2D eigenvalue weighted by Crippen LogP contribution is 2.19. The molecule has 0 radical (unpaired) electrons. The van der Waals surface area contributed by atoms with Crippen molar-refractivity contribution in [2.24, 2.45) is 5.92 Å². The van der Waals surface area contributed by atoms with Gasteiger partial charge in [-0.15, -0.1) is 0 Å². The van der Waals surface area contributed by atoms with Gasteiger partial charge in [0.15, 0.2) is 0 Å². The van der Waals surface area contributed by atoms with Crippen molar-refractivity contribution in [2.45, 2.75) is 19.8 Å². The Morgan fingerprint density at radius 2 is 1.70 bits per heavy atom. The highest BCUT2D eigenvalue weighted by molar-refractivity contribution is 5.27. The fourth-order valence-electron chi connectivity index (χ4n) is 2.36. The summed E-state index contributed by atoms with van der Waals surface area (Å²) in [6.45, 7) is 1.96. The first kappa shape index (κ1) is 14.7. The van der Waals surface area contributed by atoms with Crippen molar-refractivity contribution in [1.29, 1.82) is 0 Å². The van der Waals surface area contributed by atoms with Crippen LogP contribution in [0.5, 0.6) is 0 Å². The van der Waals surface area contributed by atoms with E-state index in [-0.39, 0.29) is 12.5 Å². The molecule has 2 aromatic carbocycles. The van der Waals surface area contributed by atoms with Gasteiger partial charge in [0, 0.05) is 6.61 Å². The van der Waals surface area contributed by atoms with Gasteiger partial charge >= 0.3 is 0 Å². The Balaban J connectivity index is 2.13. The molecule has 0 bridgehead atoms. The lowest BCUT2D eigenvalue weighted by Gasteiger charge is -2.16. The van der Waals surface area contributed by atoms with Gasteiger partial charge < -0.3 is 5.11 Å². The fourth-order valence-corrected chi connectivity index (χ4v) is 2.36. The number of hydrogen-bond acceptors (Lipinski definition) is 1. The second-order valence-corrected chi connectivity index (χ2v) is 5.12. The SMILES string of the molecule is Cc1ccccc1CC(CO)Cc1cc(F)ccc1F. The minimum atomic E-state index is -0.450. The molecule has 2 aromatic rings. The maximum atomic E-state index is 13.6. The summed E-state index contributed by atoms with van der Waals surface area (Å²) < 4.78 is 26.8. The predicted molar refractivity (Wildman–Crippen MR) is 75.5 cm³/mol. The van der Waals surface area contributed by atoms with E-state index >= 15 is 0 Å². The van der Waals surface area contributed by atoms with E-state index in [0.717, 1.165) is 23.3 Å². The zero-order chi connectivity index (χ0) is 14.5. The molecular weight excluding hydrogens is 258 g/mol. The Morgan fingerprint density at radius 3 is 2.40 bits per heavy atom. The van der Waals surface area contributed by atoms with Gasteiger partial charge in [0.25, 0.3) is 0 Å². The van der Waals surface area contributed by atoms with Crippen molar-refractivity contribution in [2.75, 3.05) is 6.61 Å². The average Bonchev–Trinajstić information content (AvgIpc) is 2.44. The number of aliphatic hydroxyl groups is 1. The summed E-state index contributed by atoms with van der Waals surface area (Å²) in [6, 6.07) is 11.3. The Labute approximate surface area is 117 Å². The van der Waals surface area contributed by atoms with Crippen LogP contribution in [-0.2, 0) is 12.8 Å². The van der Waals surface area contributed by atoms with E-state index in [1.807, 2.05) is 31.2 Å². The van der Waals surface area contributed by atoms with E-state index in [1.165, 1.54) is 6.07 Å². The van der Waals surface area contributed by atoms with Gasteiger partial charge in [0.05, 0.1) is 0 Å². The first-order chi connectivity index (χ1) is 9.60. The number of rotatable bonds is 5. The molecule has 2 rings (SSSR count). The maximum absolute atomic E-state index is 13.6. The molecule has 0 spiro atoms. The van der Waals surface area contributed by atoms with Crippen molar-refractivity contribution < 1.29 is 13.9 Å². The monoisotopic (exact) mass is 276 g/mol. The number of aryl methyl sites for hydroxylation is 1. The highest BCUT2D eigenvalue weighted by Gasteiger charge is 2.14. The first-order valence-electron chi connectivity index (χ1n) is 6.69. The minimum Gasteiger partial charge on any atom is -0.396 e. The molecule has 20 heavy (non-hydrogen) atoms. The van der Waals surface area contributed by atoms with Crippen LogP contribution < -0.4 is 0 Å². The standard InChI is InChI=1S/C17H18F2O/c1-12-4-2-3-5-14(12)8-13(11-20)9-15-10-16(18)6-7-17(15)19/h2-7,10,13,20H,8-9,11H2,1H3. The van der Waals surface area contributed by atoms with Crippen LogP contribution in [0.4, 0.5) is 8.78 Å². The van der Waals surface area contributed by atoms with Crippen LogP contribution in [0.2, 0.25) is 0 Å². The maximum Gasteiger partial charge on any atom is 0.126 e. The molecule has 0 aromatic heterocycles. The number of benzene rings is 2. The van der Waals surface area contributed by atoms with Crippen molar-refractivity contribution in [3.63, 3.8) is 0 Å². The third-order valence-corrected chi connectivity index (χ3v) is 3.54. The van der Waals surface area contributed by atoms with Crippen molar-refractivity contribution in [3.05, 3.63) is 70.8 Å². The first-order valence-corrected chi connectivity index (χ1v) is 6.69. The van der Waals surface area contributed by atoms with Gasteiger partial charge in [-0.05, 0) is 60.6 Å². The van der Waals surface area contributed by atoms with Crippen LogP contribution in [0.15, 0.2) is 42.5 Å². The molecule has 0 fully saturated rings. The molecule has 1 N–H and O–H groups in total. The zero-order valence-corrected chi connectivity index (χ0v) is 11.4. The third-order valence-electron chi connectivity index (χ3n) is 3.54. The van der Waals surface area contributed by atoms with Crippen molar-refractivity contribution in [1.82, 2.24) is 0 Å². The summed E-state index contributed by atoms with van der Waals surface area (Å²) in [4.78, 5) is 0. The molecule has 0 saturated carbocycles. The van der Waals surface area contributed by atoms with Gasteiger partial charge in [-0.3, -0.25) is 0 Å². The van der Waals surface area contributed by atoms with Gasteiger partial charge in [-0.1, -0.05) is 24.3 Å².